The fraction of sp³-hybridized carbons (Fsp3) is 0.357. The first kappa shape index (κ1) is 43.4. The Morgan fingerprint density at radius 3 is 2.02 bits per heavy atom. The van der Waals surface area contributed by atoms with Crippen LogP contribution in [0.15, 0.2) is 66.1 Å². The molecule has 322 valence electrons. The number of methoxy groups -OCH3 is 1. The van der Waals surface area contributed by atoms with E-state index in [-0.39, 0.29) is 61.3 Å². The number of esters is 1. The van der Waals surface area contributed by atoms with Crippen LogP contribution in [0.1, 0.15) is 74.4 Å². The van der Waals surface area contributed by atoms with Crippen LogP contribution in [0.5, 0.6) is 11.5 Å². The zero-order valence-electron chi connectivity index (χ0n) is 34.7. The van der Waals surface area contributed by atoms with Gasteiger partial charge < -0.3 is 59.8 Å². The molecule has 5 heterocycles. The Bertz CT molecular complexity index is 2410. The highest BCUT2D eigenvalue weighted by Gasteiger charge is 2.34. The van der Waals surface area contributed by atoms with E-state index >= 15 is 0 Å². The number of benzene rings is 1. The van der Waals surface area contributed by atoms with E-state index in [9.17, 15) is 28.8 Å². The van der Waals surface area contributed by atoms with Gasteiger partial charge >= 0.3 is 5.97 Å². The van der Waals surface area contributed by atoms with Crippen LogP contribution in [-0.4, -0.2) is 106 Å². The summed E-state index contributed by atoms with van der Waals surface area (Å²) in [5, 5.41) is 11.1. The van der Waals surface area contributed by atoms with E-state index in [4.69, 9.17) is 19.9 Å². The summed E-state index contributed by atoms with van der Waals surface area (Å²) in [6.07, 6.45) is 8.13. The Morgan fingerprint density at radius 1 is 0.836 bits per heavy atom. The predicted molar refractivity (Wildman–Crippen MR) is 227 cm³/mol. The average molecular weight is 839 g/mol. The molecule has 2 aliphatic heterocycles. The quantitative estimate of drug-likeness (QED) is 0.0590. The molecule has 3 aromatic heterocycles. The summed E-state index contributed by atoms with van der Waals surface area (Å²) in [6.45, 7) is 6.59. The number of carbonyl (C=O) groups excluding carboxylic acids is 6. The third-order valence-electron chi connectivity index (χ3n) is 9.99. The van der Waals surface area contributed by atoms with E-state index in [2.05, 4.69) is 32.8 Å². The standard InChI is InChI=1S/C42H50N10O9/c1-24-13-29-19-45-31-18-36(35(59-6)17-30(31)41(57)52(29)20-24)60-11-7-9-37(53)46-26-14-33(50(4)21-26)39(55)48-28-16-34(51(5)23-28)40(56)47-27-15-32(49(3)22-27)38(54)44-10-8-12-61-42(58)25(2)43/h14-19,21-23,25,29H,1,7-13,20,43H2,2-6H3,(H,44,54)(H,46,53)(H,47,56)(H,48,55)/t25-,29+/m0/s1. The smallest absolute Gasteiger partial charge is 0.322 e. The summed E-state index contributed by atoms with van der Waals surface area (Å²) in [4.78, 5) is 83.1. The Morgan fingerprint density at radius 2 is 1.43 bits per heavy atom. The largest absolute Gasteiger partial charge is 0.493 e. The molecule has 6 rings (SSSR count). The number of ether oxygens (including phenoxy) is 3. The molecule has 0 aliphatic carbocycles. The number of fused-ring (bicyclic) bond motifs is 2. The van der Waals surface area contributed by atoms with Crippen molar-refractivity contribution in [1.82, 2.24) is 23.9 Å². The van der Waals surface area contributed by atoms with Gasteiger partial charge in [0.15, 0.2) is 11.5 Å². The van der Waals surface area contributed by atoms with Gasteiger partial charge in [-0.05, 0) is 50.5 Å². The van der Waals surface area contributed by atoms with Crippen LogP contribution in [0.2, 0.25) is 0 Å². The number of amides is 5. The van der Waals surface area contributed by atoms with Crippen molar-refractivity contribution in [3.05, 3.63) is 83.7 Å². The first-order chi connectivity index (χ1) is 29.1. The van der Waals surface area contributed by atoms with Gasteiger partial charge in [0, 0.05) is 71.5 Å². The molecule has 0 bridgehead atoms. The maximum Gasteiger partial charge on any atom is 0.322 e. The first-order valence-corrected chi connectivity index (χ1v) is 19.6. The van der Waals surface area contributed by atoms with Crippen LogP contribution < -0.4 is 36.5 Å². The van der Waals surface area contributed by atoms with Gasteiger partial charge in [0.25, 0.3) is 23.6 Å². The summed E-state index contributed by atoms with van der Waals surface area (Å²) in [5.74, 6) is -1.47. The van der Waals surface area contributed by atoms with E-state index in [1.165, 1.54) is 26.2 Å². The number of nitrogens with zero attached hydrogens (tertiary/aromatic N) is 5. The molecule has 19 heteroatoms. The number of rotatable bonds is 17. The summed E-state index contributed by atoms with van der Waals surface area (Å²) in [6, 6.07) is 7.03. The van der Waals surface area contributed by atoms with Crippen molar-refractivity contribution in [2.24, 2.45) is 31.9 Å². The second-order valence-corrected chi connectivity index (χ2v) is 14.9. The van der Waals surface area contributed by atoms with E-state index in [1.807, 2.05) is 0 Å². The van der Waals surface area contributed by atoms with Crippen LogP contribution in [0.4, 0.5) is 22.7 Å². The lowest BCUT2D eigenvalue weighted by atomic mass is 10.1. The van der Waals surface area contributed by atoms with Gasteiger partial charge in [-0.2, -0.15) is 0 Å². The Balaban J connectivity index is 0.964. The van der Waals surface area contributed by atoms with Crippen molar-refractivity contribution < 1.29 is 43.0 Å². The Hall–Kier alpha value is -7.15. The maximum atomic E-state index is 13.3. The molecule has 1 fully saturated rings. The fourth-order valence-electron chi connectivity index (χ4n) is 6.88. The molecule has 5 amide bonds. The SMILES string of the molecule is C=C1C[C@@H]2C=Nc3cc(OCCCC(=O)Nc4cc(C(=O)Nc5cc(C(=O)Nc6cc(C(=O)NCCCOC(=O)[C@H](C)N)n(C)c6)n(C)c5)n(C)c4)c(OC)cc3C(=O)N2C1. The zero-order valence-corrected chi connectivity index (χ0v) is 34.7. The molecule has 1 aromatic carbocycles. The molecule has 1 saturated heterocycles. The molecule has 61 heavy (non-hydrogen) atoms. The molecular formula is C42H50N10O9. The highest BCUT2D eigenvalue weighted by atomic mass is 16.5. The Labute approximate surface area is 351 Å². The third kappa shape index (κ3) is 10.4. The zero-order chi connectivity index (χ0) is 44.0. The second-order valence-electron chi connectivity index (χ2n) is 14.9. The van der Waals surface area contributed by atoms with Gasteiger partial charge in [-0.15, -0.1) is 0 Å². The molecule has 4 aromatic rings. The monoisotopic (exact) mass is 838 g/mol. The minimum absolute atomic E-state index is 0.118. The summed E-state index contributed by atoms with van der Waals surface area (Å²) in [5.41, 5.74) is 9.32. The second kappa shape index (κ2) is 18.8. The highest BCUT2D eigenvalue weighted by Crippen LogP contribution is 2.38. The molecule has 2 atom stereocenters. The number of hydrogen-bond acceptors (Lipinski definition) is 11. The van der Waals surface area contributed by atoms with Crippen molar-refractivity contribution in [3.63, 3.8) is 0 Å². The molecule has 0 saturated carbocycles. The van der Waals surface area contributed by atoms with Crippen LogP contribution in [0, 0.1) is 0 Å². The van der Waals surface area contributed by atoms with Gasteiger partial charge in [-0.3, -0.25) is 33.8 Å². The Kier molecular flexibility index (Phi) is 13.4. The summed E-state index contributed by atoms with van der Waals surface area (Å²) in [7, 11) is 6.48. The summed E-state index contributed by atoms with van der Waals surface area (Å²) < 4.78 is 21.2. The van der Waals surface area contributed by atoms with Gasteiger partial charge in [0.05, 0.1) is 54.7 Å². The highest BCUT2D eigenvalue weighted by molar-refractivity contribution is 6.08. The maximum absolute atomic E-state index is 13.3. The first-order valence-electron chi connectivity index (χ1n) is 19.6. The van der Waals surface area contributed by atoms with Crippen molar-refractivity contribution in [2.75, 3.05) is 49.4 Å². The molecule has 0 radical (unpaired) electrons. The fourth-order valence-corrected chi connectivity index (χ4v) is 6.88. The van der Waals surface area contributed by atoms with Crippen molar-refractivity contribution in [3.8, 4) is 11.5 Å². The lowest BCUT2D eigenvalue weighted by molar-refractivity contribution is -0.144. The van der Waals surface area contributed by atoms with E-state index < -0.39 is 23.8 Å². The number of nitrogens with one attached hydrogen (secondary N) is 4. The van der Waals surface area contributed by atoms with Crippen LogP contribution in [0.3, 0.4) is 0 Å². The van der Waals surface area contributed by atoms with E-state index in [0.29, 0.717) is 71.3 Å². The number of hydrogen-bond donors (Lipinski definition) is 5. The van der Waals surface area contributed by atoms with Crippen LogP contribution in [-0.2, 0) is 35.5 Å². The number of nitrogens with two attached hydrogens (primary N) is 1. The van der Waals surface area contributed by atoms with Gasteiger partial charge in [0.2, 0.25) is 5.91 Å². The van der Waals surface area contributed by atoms with Crippen molar-refractivity contribution in [1.29, 1.82) is 0 Å². The van der Waals surface area contributed by atoms with Crippen LogP contribution in [0.25, 0.3) is 0 Å². The minimum Gasteiger partial charge on any atom is -0.493 e. The normalized spacial score (nSPS) is 14.7. The molecular weight excluding hydrogens is 789 g/mol. The number of anilines is 3. The lowest BCUT2D eigenvalue weighted by Gasteiger charge is -2.20. The van der Waals surface area contributed by atoms with Crippen molar-refractivity contribution in [2.45, 2.75) is 44.7 Å². The summed E-state index contributed by atoms with van der Waals surface area (Å²) >= 11 is 0. The number of aliphatic imine (C=N–C) groups is 1. The van der Waals surface area contributed by atoms with Gasteiger partial charge in [0.1, 0.15) is 23.1 Å². The predicted octanol–water partition coefficient (Wildman–Crippen LogP) is 3.51. The number of aryl methyl sites for hydroxylation is 3. The molecule has 0 spiro atoms. The molecule has 19 nitrogen and oxygen atoms in total. The third-order valence-corrected chi connectivity index (χ3v) is 9.99. The topological polar surface area (TPSA) is 235 Å². The van der Waals surface area contributed by atoms with Crippen molar-refractivity contribution >= 4 is 64.5 Å². The molecule has 6 N–H and O–H groups in total. The lowest BCUT2D eigenvalue weighted by Crippen LogP contribution is -2.35. The minimum atomic E-state index is -0.721. The van der Waals surface area contributed by atoms with E-state index in [1.54, 1.807) is 82.7 Å². The molecule has 2 aliphatic rings. The number of carbonyl (C=O) groups is 6. The van der Waals surface area contributed by atoms with Gasteiger partial charge in [-0.25, -0.2) is 0 Å². The molecule has 0 unspecified atom stereocenters. The van der Waals surface area contributed by atoms with Crippen LogP contribution >= 0.6 is 0 Å². The number of aromatic nitrogens is 3. The van der Waals surface area contributed by atoms with Gasteiger partial charge in [-0.1, -0.05) is 12.2 Å². The van der Waals surface area contributed by atoms with E-state index in [0.717, 1.165) is 5.57 Å². The average Bonchev–Trinajstić information content (AvgIpc) is 3.97.